The normalized spacial score (nSPS) is 17.4. The molecule has 3 heterocycles. The lowest BCUT2D eigenvalue weighted by molar-refractivity contribution is 0.0516. The summed E-state index contributed by atoms with van der Waals surface area (Å²) in [6, 6.07) is 0.0431. The number of aromatic nitrogens is 4. The highest BCUT2D eigenvalue weighted by Crippen LogP contribution is 2.25. The van der Waals surface area contributed by atoms with Gasteiger partial charge in [-0.25, -0.2) is 27.9 Å². The second kappa shape index (κ2) is 10.4. The number of hydrogen-bond donors (Lipinski definition) is 3. The van der Waals surface area contributed by atoms with Gasteiger partial charge in [0.15, 0.2) is 17.0 Å². The van der Waals surface area contributed by atoms with Crippen LogP contribution in [0, 0.1) is 5.92 Å². The first-order chi connectivity index (χ1) is 16.6. The first-order valence-corrected chi connectivity index (χ1v) is 13.7. The van der Waals surface area contributed by atoms with Gasteiger partial charge in [0.05, 0.1) is 5.75 Å². The number of anilines is 2. The van der Waals surface area contributed by atoms with E-state index in [0.717, 1.165) is 25.7 Å². The number of carbonyl (C=O) groups excluding carboxylic acids is 1. The summed E-state index contributed by atoms with van der Waals surface area (Å²) in [7, 11) is -3.39. The number of ether oxygens (including phenoxy) is 1. The molecule has 0 aromatic carbocycles. The quantitative estimate of drug-likeness (QED) is 0.458. The molecule has 1 saturated carbocycles. The second-order valence-corrected chi connectivity index (χ2v) is 12.0. The van der Waals surface area contributed by atoms with Crippen LogP contribution in [0.3, 0.4) is 0 Å². The van der Waals surface area contributed by atoms with Crippen molar-refractivity contribution in [1.82, 2.24) is 30.0 Å². The molecule has 2 aromatic heterocycles. The number of rotatable bonds is 9. The van der Waals surface area contributed by atoms with Crippen LogP contribution < -0.4 is 20.3 Å². The van der Waals surface area contributed by atoms with Crippen LogP contribution in [0.5, 0.6) is 0 Å². The third kappa shape index (κ3) is 7.10. The monoisotopic (exact) mass is 506 g/mol. The summed E-state index contributed by atoms with van der Waals surface area (Å²) >= 11 is 0. The molecule has 4 rings (SSSR count). The van der Waals surface area contributed by atoms with E-state index in [1.165, 1.54) is 0 Å². The van der Waals surface area contributed by atoms with Crippen molar-refractivity contribution in [2.75, 3.05) is 42.1 Å². The van der Waals surface area contributed by atoms with E-state index >= 15 is 0 Å². The molecule has 0 atom stereocenters. The van der Waals surface area contributed by atoms with Gasteiger partial charge < -0.3 is 20.3 Å². The average molecular weight is 507 g/mol. The van der Waals surface area contributed by atoms with Gasteiger partial charge in [-0.2, -0.15) is 9.97 Å². The van der Waals surface area contributed by atoms with Crippen molar-refractivity contribution >= 4 is 39.0 Å². The zero-order chi connectivity index (χ0) is 25.1. The zero-order valence-electron chi connectivity index (χ0n) is 20.5. The average Bonchev–Trinajstić information content (AvgIpc) is 3.23. The van der Waals surface area contributed by atoms with Gasteiger partial charge in [0.25, 0.3) is 0 Å². The molecule has 1 aliphatic carbocycles. The highest BCUT2D eigenvalue weighted by molar-refractivity contribution is 7.89. The van der Waals surface area contributed by atoms with Gasteiger partial charge in [-0.3, -0.25) is 0 Å². The van der Waals surface area contributed by atoms with E-state index in [4.69, 9.17) is 4.74 Å². The van der Waals surface area contributed by atoms with E-state index in [1.54, 1.807) is 12.4 Å². The van der Waals surface area contributed by atoms with E-state index in [-0.39, 0.29) is 24.3 Å². The van der Waals surface area contributed by atoms with Crippen LogP contribution in [-0.4, -0.2) is 78.0 Å². The molecule has 0 bridgehead atoms. The minimum Gasteiger partial charge on any atom is -0.444 e. The standard InChI is InChI=1S/C22H34N8O4S/c1-22(2,3)34-21(31)26-12-15-13-30(14-15)20-27-18-17(23-8-9-24-18)19(28-20)25-10-11-35(32,33)29-16-6-4-5-7-16/h8-9,15-16,29H,4-7,10-14H2,1-3H3,(H,26,31)(H,24,25,27,28). The Morgan fingerprint density at radius 1 is 1.14 bits per heavy atom. The van der Waals surface area contributed by atoms with Crippen molar-refractivity contribution in [1.29, 1.82) is 0 Å². The molecule has 0 unspecified atom stereocenters. The van der Waals surface area contributed by atoms with Gasteiger partial charge in [0, 0.05) is 50.5 Å². The SMILES string of the molecule is CC(C)(C)OC(=O)NCC1CN(c2nc(NCCS(=O)(=O)NC3CCCC3)c3nccnc3n2)C1. The van der Waals surface area contributed by atoms with Gasteiger partial charge in [-0.15, -0.1) is 0 Å². The Labute approximate surface area is 205 Å². The molecule has 2 fully saturated rings. The largest absolute Gasteiger partial charge is 0.444 e. The maximum atomic E-state index is 12.4. The number of nitrogens with one attached hydrogen (secondary N) is 3. The molecule has 1 amide bonds. The Kier molecular flexibility index (Phi) is 7.55. The van der Waals surface area contributed by atoms with Crippen LogP contribution in [0.4, 0.5) is 16.6 Å². The van der Waals surface area contributed by atoms with Crippen molar-refractivity contribution in [3.63, 3.8) is 0 Å². The van der Waals surface area contributed by atoms with E-state index < -0.39 is 21.7 Å². The molecule has 3 N–H and O–H groups in total. The number of alkyl carbamates (subject to hydrolysis) is 1. The Balaban J connectivity index is 1.34. The molecule has 0 radical (unpaired) electrons. The van der Waals surface area contributed by atoms with E-state index in [0.29, 0.717) is 42.6 Å². The van der Waals surface area contributed by atoms with Crippen LogP contribution in [0.25, 0.3) is 11.2 Å². The van der Waals surface area contributed by atoms with Crippen LogP contribution >= 0.6 is 0 Å². The molecule has 1 saturated heterocycles. The smallest absolute Gasteiger partial charge is 0.407 e. The van der Waals surface area contributed by atoms with Crippen LogP contribution in [0.1, 0.15) is 46.5 Å². The van der Waals surface area contributed by atoms with Gasteiger partial charge in [0.1, 0.15) is 5.60 Å². The molecular weight excluding hydrogens is 472 g/mol. The Morgan fingerprint density at radius 3 is 2.57 bits per heavy atom. The summed E-state index contributed by atoms with van der Waals surface area (Å²) in [5, 5.41) is 5.91. The molecule has 2 aliphatic rings. The Morgan fingerprint density at radius 2 is 1.86 bits per heavy atom. The minimum absolute atomic E-state index is 0.0431. The van der Waals surface area contributed by atoms with E-state index in [2.05, 4.69) is 35.3 Å². The fourth-order valence-corrected chi connectivity index (χ4v) is 5.41. The first-order valence-electron chi connectivity index (χ1n) is 12.0. The van der Waals surface area contributed by atoms with Crippen LogP contribution in [-0.2, 0) is 14.8 Å². The minimum atomic E-state index is -3.39. The highest BCUT2D eigenvalue weighted by atomic mass is 32.2. The van der Waals surface area contributed by atoms with Gasteiger partial charge in [-0.1, -0.05) is 12.8 Å². The Hall–Kier alpha value is -2.80. The fraction of sp³-hybridized carbons (Fsp3) is 0.682. The first kappa shape index (κ1) is 25.3. The number of fused-ring (bicyclic) bond motifs is 1. The molecule has 0 spiro atoms. The summed E-state index contributed by atoms with van der Waals surface area (Å²) in [4.78, 5) is 31.6. The molecule has 2 aromatic rings. The molecule has 35 heavy (non-hydrogen) atoms. The summed E-state index contributed by atoms with van der Waals surface area (Å²) < 4.78 is 32.9. The third-order valence-electron chi connectivity index (χ3n) is 5.86. The zero-order valence-corrected chi connectivity index (χ0v) is 21.3. The van der Waals surface area contributed by atoms with Crippen LogP contribution in [0.2, 0.25) is 0 Å². The predicted molar refractivity (Wildman–Crippen MR) is 133 cm³/mol. The molecule has 1 aliphatic heterocycles. The number of hydrogen-bond acceptors (Lipinski definition) is 10. The Bertz CT molecular complexity index is 1140. The summed E-state index contributed by atoms with van der Waals surface area (Å²) in [6.45, 7) is 7.49. The van der Waals surface area contributed by atoms with Crippen molar-refractivity contribution in [2.45, 2.75) is 58.1 Å². The van der Waals surface area contributed by atoms with Gasteiger partial charge in [-0.05, 0) is 33.6 Å². The molecule has 13 heteroatoms. The van der Waals surface area contributed by atoms with Gasteiger partial charge >= 0.3 is 6.09 Å². The lowest BCUT2D eigenvalue weighted by Gasteiger charge is -2.39. The number of amides is 1. The molecule has 192 valence electrons. The number of sulfonamides is 1. The van der Waals surface area contributed by atoms with Gasteiger partial charge in [0.2, 0.25) is 16.0 Å². The maximum Gasteiger partial charge on any atom is 0.407 e. The van der Waals surface area contributed by atoms with E-state index in [9.17, 15) is 13.2 Å². The van der Waals surface area contributed by atoms with Crippen molar-refractivity contribution in [3.05, 3.63) is 12.4 Å². The second-order valence-electron chi connectivity index (χ2n) is 10.1. The number of carbonyl (C=O) groups is 1. The van der Waals surface area contributed by atoms with E-state index in [1.807, 2.05) is 25.7 Å². The van der Waals surface area contributed by atoms with Crippen molar-refractivity contribution < 1.29 is 17.9 Å². The summed E-state index contributed by atoms with van der Waals surface area (Å²) in [5.41, 5.74) is 0.383. The lowest BCUT2D eigenvalue weighted by Crippen LogP contribution is -2.52. The third-order valence-corrected chi connectivity index (χ3v) is 7.29. The van der Waals surface area contributed by atoms with Crippen LogP contribution in [0.15, 0.2) is 12.4 Å². The lowest BCUT2D eigenvalue weighted by atomic mass is 10.0. The summed E-state index contributed by atoms with van der Waals surface area (Å²) in [5.74, 6) is 1.12. The number of nitrogens with zero attached hydrogens (tertiary/aromatic N) is 5. The van der Waals surface area contributed by atoms with Crippen molar-refractivity contribution in [2.24, 2.45) is 5.92 Å². The molecular formula is C22H34N8O4S. The topological polar surface area (TPSA) is 151 Å². The maximum absolute atomic E-state index is 12.4. The predicted octanol–water partition coefficient (Wildman–Crippen LogP) is 1.65. The fourth-order valence-electron chi connectivity index (χ4n) is 4.18. The highest BCUT2D eigenvalue weighted by Gasteiger charge is 2.30. The van der Waals surface area contributed by atoms with Crippen molar-refractivity contribution in [3.8, 4) is 0 Å². The summed E-state index contributed by atoms with van der Waals surface area (Å²) in [6.07, 6.45) is 6.59. The molecule has 12 nitrogen and oxygen atoms in total.